The minimum atomic E-state index is 0.623. The maximum Gasteiger partial charge on any atom is 0.208 e. The molecule has 1 aliphatic carbocycles. The Morgan fingerprint density at radius 2 is 2.43 bits per heavy atom. The van der Waals surface area contributed by atoms with E-state index in [4.69, 9.17) is 11.6 Å². The molecule has 3 nitrogen and oxygen atoms in total. The van der Waals surface area contributed by atoms with Gasteiger partial charge in [-0.1, -0.05) is 11.6 Å². The Bertz CT molecular complexity index is 397. The van der Waals surface area contributed by atoms with E-state index in [1.807, 2.05) is 6.07 Å². The van der Waals surface area contributed by atoms with Gasteiger partial charge in [-0.25, -0.2) is 0 Å². The summed E-state index contributed by atoms with van der Waals surface area (Å²) in [5, 5.41) is 6.56. The molecule has 0 radical (unpaired) electrons. The van der Waals surface area contributed by atoms with Crippen molar-refractivity contribution in [3.05, 3.63) is 10.4 Å². The maximum atomic E-state index is 5.91. The first-order valence-corrected chi connectivity index (χ1v) is 6.36. The van der Waals surface area contributed by atoms with Crippen molar-refractivity contribution in [1.82, 2.24) is 5.32 Å². The van der Waals surface area contributed by atoms with Crippen LogP contribution in [0.2, 0.25) is 4.34 Å². The number of nitrogens with one attached hydrogen (secondary N) is 2. The fourth-order valence-electron chi connectivity index (χ4n) is 1.22. The first-order chi connectivity index (χ1) is 6.81. The van der Waals surface area contributed by atoms with Gasteiger partial charge in [0.15, 0.2) is 0 Å². The molecular formula is C8H8ClN3S2. The third kappa shape index (κ3) is 1.71. The molecule has 1 fully saturated rings. The molecule has 0 spiro atoms. The standard InChI is InChI=1S/C8H8ClN3S2/c9-6-3-5-7(13-6)14-12-8(11-5)10-4-1-2-4/h3-4H,1-2H2,(H2,10,11,12). The van der Waals surface area contributed by atoms with Crippen LogP contribution >= 0.6 is 34.9 Å². The summed E-state index contributed by atoms with van der Waals surface area (Å²) in [4.78, 5) is 0. The highest BCUT2D eigenvalue weighted by Crippen LogP contribution is 2.41. The lowest BCUT2D eigenvalue weighted by Crippen LogP contribution is -2.32. The van der Waals surface area contributed by atoms with Gasteiger partial charge in [-0.05, 0) is 18.9 Å². The molecule has 14 heavy (non-hydrogen) atoms. The van der Waals surface area contributed by atoms with Gasteiger partial charge in [0.2, 0.25) is 5.96 Å². The zero-order chi connectivity index (χ0) is 9.54. The molecule has 6 heteroatoms. The molecule has 0 atom stereocenters. The number of hydrogen-bond acceptors (Lipinski definition) is 5. The predicted molar refractivity (Wildman–Crippen MR) is 62.4 cm³/mol. The van der Waals surface area contributed by atoms with E-state index >= 15 is 0 Å². The molecule has 2 aliphatic rings. The van der Waals surface area contributed by atoms with E-state index in [0.29, 0.717) is 6.04 Å². The second-order valence-corrected chi connectivity index (χ2v) is 6.04. The van der Waals surface area contributed by atoms with E-state index in [1.54, 1.807) is 11.3 Å². The molecule has 0 aromatic carbocycles. The number of nitrogens with zero attached hydrogens (tertiary/aromatic N) is 1. The fourth-order valence-corrected chi connectivity index (χ4v) is 3.28. The molecule has 3 rings (SSSR count). The van der Waals surface area contributed by atoms with E-state index < -0.39 is 0 Å². The van der Waals surface area contributed by atoms with Crippen molar-refractivity contribution in [2.75, 3.05) is 5.32 Å². The van der Waals surface area contributed by atoms with Crippen molar-refractivity contribution < 1.29 is 0 Å². The normalized spacial score (nSPS) is 19.6. The number of fused-ring (bicyclic) bond motifs is 1. The van der Waals surface area contributed by atoms with Crippen molar-refractivity contribution in [2.45, 2.75) is 23.1 Å². The first kappa shape index (κ1) is 8.88. The number of halogens is 1. The van der Waals surface area contributed by atoms with Gasteiger partial charge in [-0.15, -0.1) is 11.3 Å². The van der Waals surface area contributed by atoms with Crippen molar-refractivity contribution in [2.24, 2.45) is 4.40 Å². The van der Waals surface area contributed by atoms with Gasteiger partial charge in [0, 0.05) is 18.0 Å². The quantitative estimate of drug-likeness (QED) is 0.747. The van der Waals surface area contributed by atoms with E-state index in [9.17, 15) is 0 Å². The number of anilines is 1. The van der Waals surface area contributed by atoms with Crippen LogP contribution in [-0.2, 0) is 0 Å². The van der Waals surface area contributed by atoms with E-state index in [0.717, 1.165) is 20.2 Å². The summed E-state index contributed by atoms with van der Waals surface area (Å²) in [5.41, 5.74) is 1.07. The summed E-state index contributed by atoms with van der Waals surface area (Å²) in [6.07, 6.45) is 2.51. The smallest absolute Gasteiger partial charge is 0.208 e. The van der Waals surface area contributed by atoms with Gasteiger partial charge in [-0.2, -0.15) is 4.40 Å². The summed E-state index contributed by atoms with van der Waals surface area (Å²) in [7, 11) is 0. The number of rotatable bonds is 1. The van der Waals surface area contributed by atoms with Gasteiger partial charge in [0.05, 0.1) is 10.0 Å². The molecule has 1 aromatic rings. The second-order valence-electron chi connectivity index (χ2n) is 3.33. The van der Waals surface area contributed by atoms with Crippen LogP contribution in [0.1, 0.15) is 12.8 Å². The summed E-state index contributed by atoms with van der Waals surface area (Å²) in [6, 6.07) is 2.56. The highest BCUT2D eigenvalue weighted by Gasteiger charge is 2.24. The van der Waals surface area contributed by atoms with Gasteiger partial charge < -0.3 is 10.6 Å². The monoisotopic (exact) mass is 245 g/mol. The molecule has 1 aliphatic heterocycles. The van der Waals surface area contributed by atoms with Crippen molar-refractivity contribution in [3.63, 3.8) is 0 Å². The van der Waals surface area contributed by atoms with Crippen LogP contribution < -0.4 is 10.6 Å². The summed E-state index contributed by atoms with van der Waals surface area (Å²) >= 11 is 8.95. The van der Waals surface area contributed by atoms with Crippen molar-refractivity contribution in [3.8, 4) is 0 Å². The molecule has 2 N–H and O–H groups in total. The van der Waals surface area contributed by atoms with Crippen LogP contribution in [0.25, 0.3) is 0 Å². The van der Waals surface area contributed by atoms with Crippen molar-refractivity contribution in [1.29, 1.82) is 0 Å². The molecule has 1 saturated carbocycles. The molecule has 2 heterocycles. The Hall–Kier alpha value is -0.390. The molecule has 1 aromatic heterocycles. The average molecular weight is 246 g/mol. The third-order valence-electron chi connectivity index (χ3n) is 2.06. The zero-order valence-corrected chi connectivity index (χ0v) is 9.60. The van der Waals surface area contributed by atoms with Crippen LogP contribution in [0.3, 0.4) is 0 Å². The average Bonchev–Trinajstić information content (AvgIpc) is 2.86. The zero-order valence-electron chi connectivity index (χ0n) is 7.21. The van der Waals surface area contributed by atoms with Gasteiger partial charge in [0.1, 0.15) is 4.21 Å². The Morgan fingerprint density at radius 1 is 1.57 bits per heavy atom. The lowest BCUT2D eigenvalue weighted by molar-refractivity contribution is 0.906. The first-order valence-electron chi connectivity index (χ1n) is 4.39. The fraction of sp³-hybridized carbons (Fsp3) is 0.375. The van der Waals surface area contributed by atoms with E-state index in [-0.39, 0.29) is 0 Å². The number of guanidine groups is 1. The second kappa shape index (κ2) is 3.32. The minimum Gasteiger partial charge on any atom is -0.353 e. The summed E-state index contributed by atoms with van der Waals surface area (Å²) in [6.45, 7) is 0. The van der Waals surface area contributed by atoms with E-state index in [2.05, 4.69) is 15.0 Å². The Kier molecular flexibility index (Phi) is 2.11. The van der Waals surface area contributed by atoms with Crippen LogP contribution in [0.15, 0.2) is 14.7 Å². The Labute approximate surface area is 95.1 Å². The number of hydrogen-bond donors (Lipinski definition) is 2. The molecule has 0 bridgehead atoms. The largest absolute Gasteiger partial charge is 0.353 e. The SMILES string of the molecule is Clc1cc2c(s1)SN=C(NC1CC1)N2. The Balaban J connectivity index is 1.77. The summed E-state index contributed by atoms with van der Waals surface area (Å²) in [5.74, 6) is 0.861. The molecule has 0 saturated heterocycles. The minimum absolute atomic E-state index is 0.623. The highest BCUT2D eigenvalue weighted by atomic mass is 35.5. The van der Waals surface area contributed by atoms with Crippen LogP contribution in [0.4, 0.5) is 5.69 Å². The molecule has 0 unspecified atom stereocenters. The Morgan fingerprint density at radius 3 is 3.21 bits per heavy atom. The third-order valence-corrected chi connectivity index (χ3v) is 4.25. The lowest BCUT2D eigenvalue weighted by Gasteiger charge is -2.14. The van der Waals surface area contributed by atoms with Gasteiger partial charge >= 0.3 is 0 Å². The van der Waals surface area contributed by atoms with Crippen LogP contribution in [0.5, 0.6) is 0 Å². The predicted octanol–water partition coefficient (Wildman–Crippen LogP) is 2.94. The van der Waals surface area contributed by atoms with Gasteiger partial charge in [0.25, 0.3) is 0 Å². The molecule has 0 amide bonds. The van der Waals surface area contributed by atoms with E-state index in [1.165, 1.54) is 24.8 Å². The number of thiophene rings is 1. The van der Waals surface area contributed by atoms with Gasteiger partial charge in [-0.3, -0.25) is 0 Å². The van der Waals surface area contributed by atoms with Crippen LogP contribution in [-0.4, -0.2) is 12.0 Å². The maximum absolute atomic E-state index is 5.91. The van der Waals surface area contributed by atoms with Crippen molar-refractivity contribution >= 4 is 46.5 Å². The molecule has 74 valence electrons. The van der Waals surface area contributed by atoms with Crippen LogP contribution in [0, 0.1) is 0 Å². The summed E-state index contributed by atoms with van der Waals surface area (Å²) < 4.78 is 6.27. The molecular weight excluding hydrogens is 238 g/mol. The topological polar surface area (TPSA) is 36.4 Å². The lowest BCUT2D eigenvalue weighted by atomic mass is 10.5. The highest BCUT2D eigenvalue weighted by molar-refractivity contribution is 8.00.